The summed E-state index contributed by atoms with van der Waals surface area (Å²) >= 11 is 0. The van der Waals surface area contributed by atoms with E-state index in [-0.39, 0.29) is 34.5 Å². The maximum Gasteiger partial charge on any atom is 0.161 e. The molecule has 0 unspecified atom stereocenters. The topological polar surface area (TPSA) is 121 Å². The first-order chi connectivity index (χ1) is 18.5. The van der Waals surface area contributed by atoms with E-state index in [0.717, 1.165) is 24.0 Å². The summed E-state index contributed by atoms with van der Waals surface area (Å²) in [7, 11) is 0. The molecule has 4 aromatic carbocycles. The minimum Gasteiger partial charge on any atom is -0.507 e. The summed E-state index contributed by atoms with van der Waals surface area (Å²) in [5, 5.41) is 68.6. The summed E-state index contributed by atoms with van der Waals surface area (Å²) < 4.78 is 0. The SMILES string of the molecule is CCCc1c(O)c(O)cc2c(O)c(-c3c(C(C)(C)C)cc4c(CCC)c(O)c(O)cc4c3O)c(C(C)(C)C)cc12. The Labute approximate surface area is 236 Å². The molecule has 6 N–H and O–H groups in total. The molecule has 0 aliphatic rings. The third kappa shape index (κ3) is 4.63. The average Bonchev–Trinajstić information content (AvgIpc) is 2.85. The van der Waals surface area contributed by atoms with Gasteiger partial charge in [0.05, 0.1) is 0 Å². The summed E-state index contributed by atoms with van der Waals surface area (Å²) in [6.45, 7) is 16.1. The lowest BCUT2D eigenvalue weighted by Crippen LogP contribution is -2.17. The monoisotopic (exact) mass is 546 g/mol. The second-order valence-corrected chi connectivity index (χ2v) is 12.9. The second-order valence-electron chi connectivity index (χ2n) is 12.9. The van der Waals surface area contributed by atoms with E-state index < -0.39 is 10.8 Å². The minimum absolute atomic E-state index is 0.105. The fraction of sp³-hybridized carbons (Fsp3) is 0.412. The third-order valence-electron chi connectivity index (χ3n) is 7.82. The van der Waals surface area contributed by atoms with E-state index in [1.807, 2.05) is 67.5 Å². The van der Waals surface area contributed by atoms with Crippen LogP contribution in [-0.2, 0) is 23.7 Å². The van der Waals surface area contributed by atoms with Gasteiger partial charge in [-0.05, 0) is 69.8 Å². The molecule has 0 bridgehead atoms. The third-order valence-corrected chi connectivity index (χ3v) is 7.82. The highest BCUT2D eigenvalue weighted by atomic mass is 16.3. The summed E-state index contributed by atoms with van der Waals surface area (Å²) in [4.78, 5) is 0. The first-order valence-corrected chi connectivity index (χ1v) is 14.0. The first-order valence-electron chi connectivity index (χ1n) is 14.0. The van der Waals surface area contributed by atoms with Crippen LogP contribution >= 0.6 is 0 Å². The van der Waals surface area contributed by atoms with Gasteiger partial charge in [0.25, 0.3) is 0 Å². The largest absolute Gasteiger partial charge is 0.507 e. The van der Waals surface area contributed by atoms with Crippen molar-refractivity contribution in [1.82, 2.24) is 0 Å². The predicted octanol–water partition coefficient (Wildman–Crippen LogP) is 8.39. The summed E-state index contributed by atoms with van der Waals surface area (Å²) in [6.07, 6.45) is 2.48. The Balaban J connectivity index is 2.30. The lowest BCUT2D eigenvalue weighted by atomic mass is 9.74. The number of benzene rings is 4. The molecule has 0 saturated carbocycles. The van der Waals surface area contributed by atoms with Crippen LogP contribution in [-0.4, -0.2) is 30.6 Å². The normalized spacial score (nSPS) is 12.5. The van der Waals surface area contributed by atoms with Gasteiger partial charge in [0.15, 0.2) is 23.0 Å². The predicted molar refractivity (Wildman–Crippen MR) is 162 cm³/mol. The molecule has 0 saturated heterocycles. The van der Waals surface area contributed by atoms with Crippen molar-refractivity contribution < 1.29 is 30.6 Å². The molecule has 0 aliphatic carbocycles. The highest BCUT2D eigenvalue weighted by Crippen LogP contribution is 2.54. The Bertz CT molecular complexity index is 1510. The molecular weight excluding hydrogens is 504 g/mol. The van der Waals surface area contributed by atoms with Crippen molar-refractivity contribution in [3.8, 4) is 45.6 Å². The van der Waals surface area contributed by atoms with Gasteiger partial charge in [-0.2, -0.15) is 0 Å². The van der Waals surface area contributed by atoms with Crippen LogP contribution < -0.4 is 0 Å². The Morgan fingerprint density at radius 3 is 1.07 bits per heavy atom. The van der Waals surface area contributed by atoms with Crippen molar-refractivity contribution in [2.24, 2.45) is 0 Å². The van der Waals surface area contributed by atoms with Crippen molar-refractivity contribution >= 4 is 21.5 Å². The molecule has 0 amide bonds. The zero-order valence-electron chi connectivity index (χ0n) is 24.8. The fourth-order valence-corrected chi connectivity index (χ4v) is 5.83. The number of aryl methyl sites for hydroxylation is 2. The van der Waals surface area contributed by atoms with Gasteiger partial charge in [0, 0.05) is 33.0 Å². The van der Waals surface area contributed by atoms with Crippen molar-refractivity contribution in [2.45, 2.75) is 91.9 Å². The summed E-state index contributed by atoms with van der Waals surface area (Å²) in [6, 6.07) is 6.63. The molecule has 0 aliphatic heterocycles. The van der Waals surface area contributed by atoms with Gasteiger partial charge in [-0.15, -0.1) is 0 Å². The number of aromatic hydroxyl groups is 6. The van der Waals surface area contributed by atoms with Gasteiger partial charge >= 0.3 is 0 Å². The van der Waals surface area contributed by atoms with E-state index >= 15 is 0 Å². The Kier molecular flexibility index (Phi) is 7.29. The van der Waals surface area contributed by atoms with Crippen molar-refractivity contribution in [2.75, 3.05) is 0 Å². The standard InChI is InChI=1S/C34H42O6/c1-9-11-17-19-13-23(33(3,4)5)27(31(39)21(19)15-25(35)29(17)37)28-24(34(6,7)8)14-20-18(12-10-2)30(38)26(36)16-22(20)32(28)40/h13-16,35-40H,9-12H2,1-8H3. The maximum atomic E-state index is 12.0. The summed E-state index contributed by atoms with van der Waals surface area (Å²) in [5.41, 5.74) is 2.54. The molecule has 4 rings (SSSR count). The Morgan fingerprint density at radius 2 is 0.800 bits per heavy atom. The number of hydrogen-bond donors (Lipinski definition) is 6. The van der Waals surface area contributed by atoms with Crippen LogP contribution in [0.3, 0.4) is 0 Å². The number of hydrogen-bond acceptors (Lipinski definition) is 6. The van der Waals surface area contributed by atoms with E-state index in [0.29, 0.717) is 56.6 Å². The Hall–Kier alpha value is -3.80. The number of fused-ring (bicyclic) bond motifs is 2. The molecule has 0 spiro atoms. The van der Waals surface area contributed by atoms with Crippen LogP contribution in [0.1, 0.15) is 90.5 Å². The van der Waals surface area contributed by atoms with E-state index in [1.165, 1.54) is 12.1 Å². The Morgan fingerprint density at radius 1 is 0.475 bits per heavy atom. The highest BCUT2D eigenvalue weighted by Gasteiger charge is 2.32. The van der Waals surface area contributed by atoms with Gasteiger partial charge in [-0.1, -0.05) is 68.2 Å². The molecule has 0 fully saturated rings. The highest BCUT2D eigenvalue weighted by molar-refractivity contribution is 6.06. The lowest BCUT2D eigenvalue weighted by molar-refractivity contribution is 0.400. The van der Waals surface area contributed by atoms with Crippen LogP contribution in [0, 0.1) is 0 Å². The zero-order valence-corrected chi connectivity index (χ0v) is 24.8. The van der Waals surface area contributed by atoms with Gasteiger partial charge in [0.2, 0.25) is 0 Å². The lowest BCUT2D eigenvalue weighted by Gasteiger charge is -2.31. The number of phenolic OH excluding ortho intramolecular Hbond substituents is 6. The van der Waals surface area contributed by atoms with E-state index in [1.54, 1.807) is 0 Å². The quantitative estimate of drug-likeness (QED) is 0.140. The van der Waals surface area contributed by atoms with Crippen molar-refractivity contribution in [3.05, 3.63) is 46.5 Å². The van der Waals surface area contributed by atoms with Crippen LogP contribution in [0.15, 0.2) is 24.3 Å². The second kappa shape index (κ2) is 9.99. The van der Waals surface area contributed by atoms with Gasteiger partial charge < -0.3 is 30.6 Å². The maximum absolute atomic E-state index is 12.0. The van der Waals surface area contributed by atoms with E-state index in [4.69, 9.17) is 0 Å². The average molecular weight is 547 g/mol. The minimum atomic E-state index is -0.487. The molecule has 4 aromatic rings. The fourth-order valence-electron chi connectivity index (χ4n) is 5.83. The zero-order chi connectivity index (χ0) is 29.9. The van der Waals surface area contributed by atoms with Crippen LogP contribution in [0.5, 0.6) is 34.5 Å². The van der Waals surface area contributed by atoms with Gasteiger partial charge in [-0.25, -0.2) is 0 Å². The molecule has 40 heavy (non-hydrogen) atoms. The molecule has 0 radical (unpaired) electrons. The smallest absolute Gasteiger partial charge is 0.161 e. The number of phenols is 6. The van der Waals surface area contributed by atoms with Gasteiger partial charge in [0.1, 0.15) is 11.5 Å². The molecular formula is C34H42O6. The van der Waals surface area contributed by atoms with Crippen LogP contribution in [0.25, 0.3) is 32.7 Å². The molecule has 0 heterocycles. The van der Waals surface area contributed by atoms with E-state index in [9.17, 15) is 30.6 Å². The van der Waals surface area contributed by atoms with Gasteiger partial charge in [-0.3, -0.25) is 0 Å². The van der Waals surface area contributed by atoms with Crippen molar-refractivity contribution in [3.63, 3.8) is 0 Å². The first kappa shape index (κ1) is 29.2. The number of rotatable bonds is 5. The van der Waals surface area contributed by atoms with E-state index in [2.05, 4.69) is 0 Å². The molecule has 6 nitrogen and oxygen atoms in total. The summed E-state index contributed by atoms with van der Waals surface area (Å²) in [5.74, 6) is -1.22. The van der Waals surface area contributed by atoms with Crippen LogP contribution in [0.4, 0.5) is 0 Å². The van der Waals surface area contributed by atoms with Crippen molar-refractivity contribution in [1.29, 1.82) is 0 Å². The van der Waals surface area contributed by atoms with Crippen LogP contribution in [0.2, 0.25) is 0 Å². The molecule has 0 atom stereocenters. The molecule has 0 aromatic heterocycles. The molecule has 6 heteroatoms. The molecule has 214 valence electrons.